The number of ether oxygens (including phenoxy) is 3. The molecule has 7 heteroatoms. The highest BCUT2D eigenvalue weighted by molar-refractivity contribution is 5.94. The number of rotatable bonds is 8. The van der Waals surface area contributed by atoms with Crippen molar-refractivity contribution in [3.8, 4) is 17.2 Å². The zero-order chi connectivity index (χ0) is 21.5. The van der Waals surface area contributed by atoms with Crippen LogP contribution in [0.4, 0.5) is 11.4 Å². The molecule has 1 amide bonds. The quantitative estimate of drug-likeness (QED) is 0.717. The van der Waals surface area contributed by atoms with Crippen LogP contribution in [0.25, 0.3) is 0 Å². The van der Waals surface area contributed by atoms with Gasteiger partial charge < -0.3 is 24.4 Å². The van der Waals surface area contributed by atoms with Crippen molar-refractivity contribution in [2.75, 3.05) is 57.2 Å². The topological polar surface area (TPSA) is 63.3 Å². The van der Waals surface area contributed by atoms with E-state index in [1.165, 1.54) is 0 Å². The molecule has 2 aromatic rings. The van der Waals surface area contributed by atoms with Gasteiger partial charge in [0.1, 0.15) is 5.75 Å². The SMILES string of the molecule is CCOc1ccccc1N1CCN([C@@H](C)C(=O)Nc2ccc(OC)c(OC)c2)CC1. The Labute approximate surface area is 178 Å². The minimum absolute atomic E-state index is 0.0367. The molecule has 0 aromatic heterocycles. The highest BCUT2D eigenvalue weighted by atomic mass is 16.5. The van der Waals surface area contributed by atoms with Gasteiger partial charge in [0, 0.05) is 37.9 Å². The number of nitrogens with zero attached hydrogens (tertiary/aromatic N) is 2. The fraction of sp³-hybridized carbons (Fsp3) is 0.435. The van der Waals surface area contributed by atoms with Crippen LogP contribution in [0.3, 0.4) is 0 Å². The second kappa shape index (κ2) is 10.2. The second-order valence-corrected chi connectivity index (χ2v) is 7.16. The fourth-order valence-corrected chi connectivity index (χ4v) is 3.67. The molecule has 3 rings (SSSR count). The zero-order valence-corrected chi connectivity index (χ0v) is 18.2. The van der Waals surface area contributed by atoms with E-state index in [0.29, 0.717) is 23.8 Å². The van der Waals surface area contributed by atoms with Gasteiger partial charge in [0.05, 0.1) is 32.6 Å². The van der Waals surface area contributed by atoms with Crippen molar-refractivity contribution in [3.63, 3.8) is 0 Å². The lowest BCUT2D eigenvalue weighted by molar-refractivity contribution is -0.120. The maximum Gasteiger partial charge on any atom is 0.241 e. The Kier molecular flexibility index (Phi) is 7.41. The molecule has 0 spiro atoms. The van der Waals surface area contributed by atoms with Gasteiger partial charge in [-0.05, 0) is 38.1 Å². The van der Waals surface area contributed by atoms with Crippen LogP contribution in [-0.2, 0) is 4.79 Å². The number of amides is 1. The van der Waals surface area contributed by atoms with Gasteiger partial charge in [-0.25, -0.2) is 0 Å². The summed E-state index contributed by atoms with van der Waals surface area (Å²) in [6, 6.07) is 13.3. The molecular weight excluding hydrogens is 382 g/mol. The normalized spacial score (nSPS) is 15.4. The van der Waals surface area contributed by atoms with Gasteiger partial charge in [-0.1, -0.05) is 12.1 Å². The Morgan fingerprint density at radius 3 is 2.37 bits per heavy atom. The van der Waals surface area contributed by atoms with Crippen molar-refractivity contribution < 1.29 is 19.0 Å². The number of methoxy groups -OCH3 is 2. The van der Waals surface area contributed by atoms with E-state index in [-0.39, 0.29) is 11.9 Å². The number of nitrogens with one attached hydrogen (secondary N) is 1. The van der Waals surface area contributed by atoms with Crippen LogP contribution in [-0.4, -0.2) is 63.9 Å². The average molecular weight is 414 g/mol. The molecule has 2 aromatic carbocycles. The van der Waals surface area contributed by atoms with Gasteiger partial charge in [0.25, 0.3) is 0 Å². The molecule has 1 aliphatic rings. The Balaban J connectivity index is 1.59. The minimum Gasteiger partial charge on any atom is -0.493 e. The number of hydrogen-bond donors (Lipinski definition) is 1. The molecular formula is C23H31N3O4. The number of hydrogen-bond acceptors (Lipinski definition) is 6. The molecule has 7 nitrogen and oxygen atoms in total. The van der Waals surface area contributed by atoms with Gasteiger partial charge in [-0.15, -0.1) is 0 Å². The molecule has 30 heavy (non-hydrogen) atoms. The molecule has 1 aliphatic heterocycles. The second-order valence-electron chi connectivity index (χ2n) is 7.16. The fourth-order valence-electron chi connectivity index (χ4n) is 3.67. The van der Waals surface area contributed by atoms with Crippen molar-refractivity contribution in [1.82, 2.24) is 4.90 Å². The molecule has 0 aliphatic carbocycles. The molecule has 0 unspecified atom stereocenters. The lowest BCUT2D eigenvalue weighted by atomic mass is 10.2. The van der Waals surface area contributed by atoms with Crippen LogP contribution in [0.15, 0.2) is 42.5 Å². The van der Waals surface area contributed by atoms with Gasteiger partial charge in [0.15, 0.2) is 11.5 Å². The smallest absolute Gasteiger partial charge is 0.241 e. The summed E-state index contributed by atoms with van der Waals surface area (Å²) in [5.41, 5.74) is 1.80. The zero-order valence-electron chi connectivity index (χ0n) is 18.2. The number of para-hydroxylation sites is 2. The Bertz CT molecular complexity index is 850. The van der Waals surface area contributed by atoms with E-state index < -0.39 is 0 Å². The maximum atomic E-state index is 12.8. The summed E-state index contributed by atoms with van der Waals surface area (Å²) in [6.07, 6.45) is 0. The van der Waals surface area contributed by atoms with Gasteiger partial charge >= 0.3 is 0 Å². The monoisotopic (exact) mass is 413 g/mol. The van der Waals surface area contributed by atoms with Crippen LogP contribution in [0.2, 0.25) is 0 Å². The maximum absolute atomic E-state index is 12.8. The lowest BCUT2D eigenvalue weighted by Gasteiger charge is -2.39. The molecule has 1 heterocycles. The summed E-state index contributed by atoms with van der Waals surface area (Å²) < 4.78 is 16.3. The first-order chi connectivity index (χ1) is 14.6. The molecule has 162 valence electrons. The van der Waals surface area contributed by atoms with Crippen LogP contribution in [0.1, 0.15) is 13.8 Å². The van der Waals surface area contributed by atoms with Crippen LogP contribution >= 0.6 is 0 Å². The first-order valence-corrected chi connectivity index (χ1v) is 10.3. The highest BCUT2D eigenvalue weighted by Gasteiger charge is 2.26. The lowest BCUT2D eigenvalue weighted by Crippen LogP contribution is -2.52. The van der Waals surface area contributed by atoms with Crippen molar-refractivity contribution in [2.45, 2.75) is 19.9 Å². The van der Waals surface area contributed by atoms with Crippen molar-refractivity contribution in [2.24, 2.45) is 0 Å². The summed E-state index contributed by atoms with van der Waals surface area (Å²) in [5.74, 6) is 2.09. The van der Waals surface area contributed by atoms with Gasteiger partial charge in [0.2, 0.25) is 5.91 Å². The average Bonchev–Trinajstić information content (AvgIpc) is 2.79. The number of benzene rings is 2. The van der Waals surface area contributed by atoms with E-state index in [0.717, 1.165) is 37.6 Å². The number of anilines is 2. The molecule has 0 bridgehead atoms. The summed E-state index contributed by atoms with van der Waals surface area (Å²) in [6.45, 7) is 7.88. The summed E-state index contributed by atoms with van der Waals surface area (Å²) >= 11 is 0. The number of carbonyl (C=O) groups excluding carboxylic acids is 1. The summed E-state index contributed by atoms with van der Waals surface area (Å²) in [4.78, 5) is 17.3. The van der Waals surface area contributed by atoms with E-state index in [2.05, 4.69) is 21.2 Å². The third kappa shape index (κ3) is 4.97. The first kappa shape index (κ1) is 21.8. The van der Waals surface area contributed by atoms with E-state index in [1.807, 2.05) is 38.1 Å². The minimum atomic E-state index is -0.234. The van der Waals surface area contributed by atoms with E-state index in [1.54, 1.807) is 26.4 Å². The first-order valence-electron chi connectivity index (χ1n) is 10.3. The Morgan fingerprint density at radius 1 is 1.00 bits per heavy atom. The molecule has 1 saturated heterocycles. The highest BCUT2D eigenvalue weighted by Crippen LogP contribution is 2.31. The van der Waals surface area contributed by atoms with Crippen molar-refractivity contribution in [3.05, 3.63) is 42.5 Å². The standard InChI is InChI=1S/C23H31N3O4/c1-5-30-20-9-7-6-8-19(20)26-14-12-25(13-15-26)17(2)23(27)24-18-10-11-21(28-3)22(16-18)29-4/h6-11,16-17H,5,12-15H2,1-4H3,(H,24,27)/t17-/m0/s1. The molecule has 1 N–H and O–H groups in total. The summed E-state index contributed by atoms with van der Waals surface area (Å²) in [5, 5.41) is 2.98. The van der Waals surface area contributed by atoms with Crippen LogP contribution in [0.5, 0.6) is 17.2 Å². The molecule has 1 fully saturated rings. The predicted molar refractivity (Wildman–Crippen MR) is 119 cm³/mol. The third-order valence-corrected chi connectivity index (χ3v) is 5.40. The largest absolute Gasteiger partial charge is 0.493 e. The Morgan fingerprint density at radius 2 is 1.70 bits per heavy atom. The predicted octanol–water partition coefficient (Wildman–Crippen LogP) is 3.25. The van der Waals surface area contributed by atoms with Crippen LogP contribution in [0, 0.1) is 0 Å². The Hall–Kier alpha value is -2.93. The van der Waals surface area contributed by atoms with E-state index in [9.17, 15) is 4.79 Å². The molecule has 0 saturated carbocycles. The number of piperazine rings is 1. The van der Waals surface area contributed by atoms with Crippen LogP contribution < -0.4 is 24.4 Å². The van der Waals surface area contributed by atoms with E-state index in [4.69, 9.17) is 14.2 Å². The van der Waals surface area contributed by atoms with Gasteiger partial charge in [-0.3, -0.25) is 9.69 Å². The van der Waals surface area contributed by atoms with E-state index >= 15 is 0 Å². The number of carbonyl (C=O) groups is 1. The molecule has 1 atom stereocenters. The summed E-state index contributed by atoms with van der Waals surface area (Å²) in [7, 11) is 3.17. The third-order valence-electron chi connectivity index (χ3n) is 5.40. The van der Waals surface area contributed by atoms with Gasteiger partial charge in [-0.2, -0.15) is 0 Å². The van der Waals surface area contributed by atoms with Crippen molar-refractivity contribution >= 4 is 17.3 Å². The molecule has 0 radical (unpaired) electrons. The van der Waals surface area contributed by atoms with Crippen molar-refractivity contribution in [1.29, 1.82) is 0 Å².